The van der Waals surface area contributed by atoms with Crippen molar-refractivity contribution in [3.8, 4) is 17.2 Å². The summed E-state index contributed by atoms with van der Waals surface area (Å²) in [6, 6.07) is 11.6. The Labute approximate surface area is 191 Å². The fraction of sp³-hybridized carbons (Fsp3) is 0.280. The average Bonchev–Trinajstić information content (AvgIpc) is 3.45. The molecule has 1 aliphatic rings. The first kappa shape index (κ1) is 22.1. The van der Waals surface area contributed by atoms with Crippen molar-refractivity contribution < 1.29 is 19.1 Å². The second-order valence-corrected chi connectivity index (χ2v) is 8.32. The van der Waals surface area contributed by atoms with Crippen molar-refractivity contribution >= 4 is 28.7 Å². The third-order valence-electron chi connectivity index (χ3n) is 6.08. The number of carboxylic acid groups (broad SMARTS) is 1. The van der Waals surface area contributed by atoms with Crippen LogP contribution in [0, 0.1) is 18.3 Å². The Balaban J connectivity index is 2.06. The molecule has 0 radical (unpaired) electrons. The summed E-state index contributed by atoms with van der Waals surface area (Å²) in [5.41, 5.74) is 5.17. The first-order valence-electron chi connectivity index (χ1n) is 10.6. The molecule has 4 rings (SSSR count). The summed E-state index contributed by atoms with van der Waals surface area (Å²) in [6.45, 7) is 1.86. The van der Waals surface area contributed by atoms with Crippen LogP contribution < -0.4 is 0 Å². The van der Waals surface area contributed by atoms with E-state index in [2.05, 4.69) is 11.1 Å². The molecule has 168 valence electrons. The van der Waals surface area contributed by atoms with E-state index in [1.54, 1.807) is 21.1 Å². The van der Waals surface area contributed by atoms with Crippen molar-refractivity contribution in [2.45, 2.75) is 25.8 Å². The number of likely N-dealkylation sites (N-methyl/N-ethyl adjacent to an activating group) is 1. The van der Waals surface area contributed by atoms with Crippen molar-refractivity contribution in [2.24, 2.45) is 0 Å². The zero-order valence-electron chi connectivity index (χ0n) is 18.9. The third kappa shape index (κ3) is 3.72. The minimum Gasteiger partial charge on any atom is -0.465 e. The number of nitriles is 1. The minimum absolute atomic E-state index is 0.0878. The van der Waals surface area contributed by atoms with E-state index in [1.165, 1.54) is 9.80 Å². The second-order valence-electron chi connectivity index (χ2n) is 8.32. The van der Waals surface area contributed by atoms with E-state index in [1.807, 2.05) is 43.3 Å². The molecule has 2 amide bonds. The van der Waals surface area contributed by atoms with E-state index in [-0.39, 0.29) is 11.9 Å². The van der Waals surface area contributed by atoms with Crippen molar-refractivity contribution in [3.63, 3.8) is 0 Å². The van der Waals surface area contributed by atoms with E-state index in [4.69, 9.17) is 4.42 Å². The molecule has 8 nitrogen and oxygen atoms in total. The van der Waals surface area contributed by atoms with Gasteiger partial charge in [0, 0.05) is 26.7 Å². The van der Waals surface area contributed by atoms with Gasteiger partial charge in [0.15, 0.2) is 5.58 Å². The number of oxazole rings is 1. The zero-order valence-corrected chi connectivity index (χ0v) is 18.9. The lowest BCUT2D eigenvalue weighted by atomic mass is 9.87. The molecule has 1 aliphatic carbocycles. The fourth-order valence-corrected chi connectivity index (χ4v) is 4.31. The number of benzene rings is 2. The van der Waals surface area contributed by atoms with Crippen LogP contribution in [0.1, 0.15) is 40.2 Å². The molecule has 2 aromatic carbocycles. The normalized spacial score (nSPS) is 15.2. The molecule has 1 unspecified atom stereocenters. The van der Waals surface area contributed by atoms with Crippen LogP contribution in [0.4, 0.5) is 4.79 Å². The molecule has 0 bridgehead atoms. The van der Waals surface area contributed by atoms with Crippen LogP contribution in [0.2, 0.25) is 0 Å². The standard InChI is InChI=1S/C25H24N4O4/c1-14-18(13-26)21-22(33-23(27-21)24(30)28(2)3)20(19(14)15-8-6-5-7-9-15)16-10-11-17(12-16)29(4)25(31)32/h5-9,12,17H,10-11H2,1-4H3,(H,31,32). The molecule has 0 saturated heterocycles. The number of fused-ring (bicyclic) bond motifs is 1. The Bertz CT molecular complexity index is 1330. The molecule has 1 heterocycles. The number of amides is 2. The predicted molar refractivity (Wildman–Crippen MR) is 124 cm³/mol. The molecular formula is C25H24N4O4. The van der Waals surface area contributed by atoms with Crippen molar-refractivity contribution in [1.29, 1.82) is 5.26 Å². The van der Waals surface area contributed by atoms with Gasteiger partial charge in [0.1, 0.15) is 11.6 Å². The largest absolute Gasteiger partial charge is 0.465 e. The number of hydrogen-bond donors (Lipinski definition) is 1. The van der Waals surface area contributed by atoms with Crippen LogP contribution in [-0.2, 0) is 0 Å². The SMILES string of the molecule is Cc1c(-c2ccccc2)c(C2=CC(N(C)C(=O)O)CC2)c2oc(C(=O)N(C)C)nc2c1C#N. The Hall–Kier alpha value is -4.12. The van der Waals surface area contributed by atoms with Gasteiger partial charge < -0.3 is 19.3 Å². The molecule has 0 saturated carbocycles. The highest BCUT2D eigenvalue weighted by Crippen LogP contribution is 2.44. The summed E-state index contributed by atoms with van der Waals surface area (Å²) in [5.74, 6) is -0.487. The smallest absolute Gasteiger partial charge is 0.407 e. The van der Waals surface area contributed by atoms with Crippen LogP contribution in [0.25, 0.3) is 27.8 Å². The van der Waals surface area contributed by atoms with E-state index in [0.717, 1.165) is 27.8 Å². The molecule has 8 heteroatoms. The molecule has 3 aromatic rings. The number of carbonyl (C=O) groups excluding carboxylic acids is 1. The summed E-state index contributed by atoms with van der Waals surface area (Å²) in [5, 5.41) is 19.4. The Morgan fingerprint density at radius 3 is 2.48 bits per heavy atom. The lowest BCUT2D eigenvalue weighted by Gasteiger charge is -2.18. The predicted octanol–water partition coefficient (Wildman–Crippen LogP) is 4.53. The fourth-order valence-electron chi connectivity index (χ4n) is 4.31. The Morgan fingerprint density at radius 1 is 1.18 bits per heavy atom. The topological polar surface area (TPSA) is 111 Å². The highest BCUT2D eigenvalue weighted by Gasteiger charge is 2.31. The maximum absolute atomic E-state index is 12.6. The quantitative estimate of drug-likeness (QED) is 0.633. The molecular weight excluding hydrogens is 420 g/mol. The van der Waals surface area contributed by atoms with Crippen LogP contribution in [-0.4, -0.2) is 59.1 Å². The summed E-state index contributed by atoms with van der Waals surface area (Å²) in [7, 11) is 4.76. The second kappa shape index (κ2) is 8.43. The third-order valence-corrected chi connectivity index (χ3v) is 6.08. The van der Waals surface area contributed by atoms with Crippen LogP contribution in [0.15, 0.2) is 40.8 Å². The molecule has 0 spiro atoms. The number of rotatable bonds is 4. The lowest BCUT2D eigenvalue weighted by molar-refractivity contribution is 0.0791. The van der Waals surface area contributed by atoms with Crippen LogP contribution in [0.5, 0.6) is 0 Å². The van der Waals surface area contributed by atoms with Gasteiger partial charge in [0.2, 0.25) is 0 Å². The molecule has 0 aliphatic heterocycles. The van der Waals surface area contributed by atoms with Gasteiger partial charge in [-0.3, -0.25) is 4.79 Å². The number of nitrogens with zero attached hydrogens (tertiary/aromatic N) is 4. The van der Waals surface area contributed by atoms with Crippen molar-refractivity contribution in [1.82, 2.24) is 14.8 Å². The molecule has 1 atom stereocenters. The highest BCUT2D eigenvalue weighted by atomic mass is 16.4. The zero-order chi connectivity index (χ0) is 23.9. The lowest BCUT2D eigenvalue weighted by Crippen LogP contribution is -2.33. The Kier molecular flexibility index (Phi) is 5.64. The van der Waals surface area contributed by atoms with Crippen LogP contribution >= 0.6 is 0 Å². The molecule has 33 heavy (non-hydrogen) atoms. The maximum Gasteiger partial charge on any atom is 0.407 e. The van der Waals surface area contributed by atoms with Gasteiger partial charge in [-0.2, -0.15) is 5.26 Å². The maximum atomic E-state index is 12.6. The number of aromatic nitrogens is 1. The Morgan fingerprint density at radius 2 is 1.88 bits per heavy atom. The van der Waals surface area contributed by atoms with Gasteiger partial charge in [-0.1, -0.05) is 36.4 Å². The first-order chi connectivity index (χ1) is 15.7. The average molecular weight is 444 g/mol. The van der Waals surface area contributed by atoms with Crippen molar-refractivity contribution in [2.75, 3.05) is 21.1 Å². The van der Waals surface area contributed by atoms with E-state index < -0.39 is 12.0 Å². The van der Waals surface area contributed by atoms with E-state index in [0.29, 0.717) is 29.5 Å². The number of allylic oxidation sites excluding steroid dienone is 1. The molecule has 0 fully saturated rings. The summed E-state index contributed by atoms with van der Waals surface area (Å²) in [4.78, 5) is 31.2. The number of carbonyl (C=O) groups is 2. The number of hydrogen-bond acceptors (Lipinski definition) is 5. The monoisotopic (exact) mass is 444 g/mol. The van der Waals surface area contributed by atoms with Crippen LogP contribution in [0.3, 0.4) is 0 Å². The minimum atomic E-state index is -1.000. The van der Waals surface area contributed by atoms with Gasteiger partial charge in [-0.05, 0) is 42.0 Å². The summed E-state index contributed by atoms with van der Waals surface area (Å²) >= 11 is 0. The molecule has 1 aromatic heterocycles. The van der Waals surface area contributed by atoms with Gasteiger partial charge >= 0.3 is 12.0 Å². The van der Waals surface area contributed by atoms with Gasteiger partial charge in [-0.15, -0.1) is 0 Å². The summed E-state index contributed by atoms with van der Waals surface area (Å²) in [6.07, 6.45) is 2.18. The highest BCUT2D eigenvalue weighted by molar-refractivity contribution is 6.03. The summed E-state index contributed by atoms with van der Waals surface area (Å²) < 4.78 is 6.01. The molecule has 1 N–H and O–H groups in total. The van der Waals surface area contributed by atoms with E-state index in [9.17, 15) is 20.0 Å². The van der Waals surface area contributed by atoms with Crippen molar-refractivity contribution in [3.05, 3.63) is 59.0 Å². The van der Waals surface area contributed by atoms with Gasteiger partial charge in [0.05, 0.1) is 11.6 Å². The first-order valence-corrected chi connectivity index (χ1v) is 10.6. The van der Waals surface area contributed by atoms with Gasteiger partial charge in [0.25, 0.3) is 5.89 Å². The van der Waals surface area contributed by atoms with E-state index >= 15 is 0 Å². The van der Waals surface area contributed by atoms with Gasteiger partial charge in [-0.25, -0.2) is 9.78 Å².